The number of amides is 1. The second-order valence-corrected chi connectivity index (χ2v) is 13.8. The summed E-state index contributed by atoms with van der Waals surface area (Å²) in [4.78, 5) is 12.9. The summed E-state index contributed by atoms with van der Waals surface area (Å²) < 4.78 is 11.2. The molecule has 1 saturated heterocycles. The minimum absolute atomic E-state index is 0.142. The fraction of sp³-hybridized carbons (Fsp3) is 0.872. The Bertz CT molecular complexity index is 807. The maximum absolute atomic E-state index is 12.9. The van der Waals surface area contributed by atoms with Crippen LogP contribution in [0.25, 0.3) is 0 Å². The maximum Gasteiger partial charge on any atom is 0.220 e. The van der Waals surface area contributed by atoms with Crippen molar-refractivity contribution in [3.63, 3.8) is 0 Å². The van der Waals surface area contributed by atoms with Crippen LogP contribution in [-0.2, 0) is 14.3 Å². The highest BCUT2D eigenvalue weighted by molar-refractivity contribution is 5.76. The summed E-state index contributed by atoms with van der Waals surface area (Å²) in [6.45, 7) is 3.75. The molecule has 7 atom stereocenters. The minimum atomic E-state index is -1.55. The smallest absolute Gasteiger partial charge is 0.220 e. The number of hydrogen-bond acceptors (Lipinski definition) is 8. The second-order valence-electron chi connectivity index (χ2n) is 13.8. The molecule has 0 saturated carbocycles. The lowest BCUT2D eigenvalue weighted by atomic mass is 9.99. The first kappa shape index (κ1) is 44.7. The highest BCUT2D eigenvalue weighted by Crippen LogP contribution is 2.23. The normalized spacial score (nSPS) is 22.9. The third-order valence-electron chi connectivity index (χ3n) is 9.34. The molecule has 0 aromatic carbocycles. The number of unbranched alkanes of at least 4 members (excludes halogenated alkanes) is 18. The highest BCUT2D eigenvalue weighted by atomic mass is 16.7. The van der Waals surface area contributed by atoms with Crippen LogP contribution in [0.3, 0.4) is 0 Å². The molecular formula is C39H73NO8. The summed E-state index contributed by atoms with van der Waals surface area (Å²) >= 11 is 0. The van der Waals surface area contributed by atoms with Crippen molar-refractivity contribution in [1.82, 2.24) is 5.32 Å². The van der Waals surface area contributed by atoms with E-state index < -0.39 is 49.5 Å². The topological polar surface area (TPSA) is 149 Å². The van der Waals surface area contributed by atoms with Gasteiger partial charge in [0.1, 0.15) is 24.4 Å². The second kappa shape index (κ2) is 30.5. The first-order chi connectivity index (χ1) is 23.3. The number of rotatable bonds is 31. The van der Waals surface area contributed by atoms with E-state index in [2.05, 4.69) is 43.5 Å². The van der Waals surface area contributed by atoms with Gasteiger partial charge in [-0.15, -0.1) is 0 Å². The molecule has 1 heterocycles. The van der Waals surface area contributed by atoms with E-state index in [4.69, 9.17) is 9.47 Å². The van der Waals surface area contributed by atoms with Crippen molar-refractivity contribution in [3.8, 4) is 0 Å². The number of allylic oxidation sites excluding steroid dienone is 4. The van der Waals surface area contributed by atoms with Gasteiger partial charge in [-0.1, -0.05) is 141 Å². The number of nitrogens with one attached hydrogen (secondary N) is 1. The summed E-state index contributed by atoms with van der Waals surface area (Å²) in [5.41, 5.74) is 0. The van der Waals surface area contributed by atoms with E-state index in [0.29, 0.717) is 12.8 Å². The van der Waals surface area contributed by atoms with Crippen molar-refractivity contribution in [2.24, 2.45) is 0 Å². The number of carbonyl (C=O) groups is 1. The zero-order valence-electron chi connectivity index (χ0n) is 30.5. The zero-order chi connectivity index (χ0) is 35.2. The molecule has 1 rings (SSSR count). The van der Waals surface area contributed by atoms with E-state index in [9.17, 15) is 30.3 Å². The van der Waals surface area contributed by atoms with Crippen LogP contribution < -0.4 is 5.32 Å². The third kappa shape index (κ3) is 21.7. The average molecular weight is 684 g/mol. The van der Waals surface area contributed by atoms with Gasteiger partial charge < -0.3 is 40.3 Å². The van der Waals surface area contributed by atoms with Crippen molar-refractivity contribution in [2.45, 2.75) is 204 Å². The molecule has 0 spiro atoms. The Morgan fingerprint density at radius 2 is 1.21 bits per heavy atom. The van der Waals surface area contributed by atoms with Gasteiger partial charge in [0.15, 0.2) is 6.29 Å². The Labute approximate surface area is 292 Å². The summed E-state index contributed by atoms with van der Waals surface area (Å²) in [5, 5.41) is 54.0. The van der Waals surface area contributed by atoms with Crippen molar-refractivity contribution >= 4 is 5.91 Å². The Hall–Kier alpha value is -1.33. The molecule has 1 aliphatic heterocycles. The largest absolute Gasteiger partial charge is 0.394 e. The summed E-state index contributed by atoms with van der Waals surface area (Å²) in [7, 11) is 0. The van der Waals surface area contributed by atoms with Crippen LogP contribution in [-0.4, -0.2) is 87.5 Å². The fourth-order valence-corrected chi connectivity index (χ4v) is 6.09. The fourth-order valence-electron chi connectivity index (χ4n) is 6.09. The molecule has 0 aromatic rings. The summed E-state index contributed by atoms with van der Waals surface area (Å²) in [5.74, 6) is -0.160. The van der Waals surface area contributed by atoms with E-state index >= 15 is 0 Å². The Morgan fingerprint density at radius 1 is 0.708 bits per heavy atom. The van der Waals surface area contributed by atoms with Crippen LogP contribution in [0.1, 0.15) is 162 Å². The molecule has 0 aromatic heterocycles. The standard InChI is InChI=1S/C39H73NO8/c1-3-5-7-9-11-13-15-16-17-18-19-21-23-25-27-29-35(43)40-32(31-47-39-38(46)37(45)36(44)34(30-41)48-39)33(42)28-26-24-22-20-14-12-10-8-6-4-2/h11,13,15-16,32-34,36-39,41-42,44-46H,3-10,12,14,17-31H2,1-2H3,(H,40,43)/b13-11-,16-15-. The van der Waals surface area contributed by atoms with Gasteiger partial charge in [0.25, 0.3) is 0 Å². The Balaban J connectivity index is 2.41. The molecule has 282 valence electrons. The first-order valence-electron chi connectivity index (χ1n) is 19.6. The van der Waals surface area contributed by atoms with Crippen molar-refractivity contribution < 1.29 is 39.8 Å². The van der Waals surface area contributed by atoms with Gasteiger partial charge in [-0.25, -0.2) is 0 Å². The van der Waals surface area contributed by atoms with E-state index in [1.54, 1.807) is 0 Å². The van der Waals surface area contributed by atoms with E-state index in [1.807, 2.05) is 0 Å². The van der Waals surface area contributed by atoms with E-state index in [0.717, 1.165) is 57.8 Å². The zero-order valence-corrected chi connectivity index (χ0v) is 30.5. The lowest BCUT2D eigenvalue weighted by molar-refractivity contribution is -0.302. The molecule has 1 amide bonds. The molecule has 0 radical (unpaired) electrons. The van der Waals surface area contributed by atoms with Gasteiger partial charge in [-0.2, -0.15) is 0 Å². The number of aliphatic hydroxyl groups excluding tert-OH is 5. The van der Waals surface area contributed by atoms with Crippen LogP contribution in [0.5, 0.6) is 0 Å². The molecular weight excluding hydrogens is 610 g/mol. The predicted molar refractivity (Wildman–Crippen MR) is 193 cm³/mol. The predicted octanol–water partition coefficient (Wildman–Crippen LogP) is 6.77. The number of ether oxygens (including phenoxy) is 2. The number of aliphatic hydroxyl groups is 5. The van der Waals surface area contributed by atoms with Crippen molar-refractivity contribution in [3.05, 3.63) is 24.3 Å². The molecule has 48 heavy (non-hydrogen) atoms. The van der Waals surface area contributed by atoms with Crippen LogP contribution in [0, 0.1) is 0 Å². The molecule has 0 aliphatic carbocycles. The molecule has 9 nitrogen and oxygen atoms in total. The summed E-state index contributed by atoms with van der Waals surface area (Å²) in [6.07, 6.45) is 26.1. The van der Waals surface area contributed by atoms with Crippen LogP contribution in [0.2, 0.25) is 0 Å². The lowest BCUT2D eigenvalue weighted by Crippen LogP contribution is -2.60. The minimum Gasteiger partial charge on any atom is -0.394 e. The van der Waals surface area contributed by atoms with Gasteiger partial charge >= 0.3 is 0 Å². The van der Waals surface area contributed by atoms with Crippen molar-refractivity contribution in [1.29, 1.82) is 0 Å². The SMILES string of the molecule is CCCCC/C=C\C=C/CCCCCCCCC(=O)NC(COC1OC(CO)C(O)C(O)C1O)C(O)CCCCCCCCCCCC. The highest BCUT2D eigenvalue weighted by Gasteiger charge is 2.44. The summed E-state index contributed by atoms with van der Waals surface area (Å²) in [6, 6.07) is -0.720. The van der Waals surface area contributed by atoms with Crippen LogP contribution in [0.15, 0.2) is 24.3 Å². The maximum atomic E-state index is 12.9. The monoisotopic (exact) mass is 684 g/mol. The molecule has 1 aliphatic rings. The molecule has 0 bridgehead atoms. The number of hydrogen-bond donors (Lipinski definition) is 6. The van der Waals surface area contributed by atoms with Gasteiger partial charge in [0.2, 0.25) is 5.91 Å². The number of carbonyl (C=O) groups excluding carboxylic acids is 1. The van der Waals surface area contributed by atoms with Crippen LogP contribution >= 0.6 is 0 Å². The van der Waals surface area contributed by atoms with Crippen molar-refractivity contribution in [2.75, 3.05) is 13.2 Å². The molecule has 6 N–H and O–H groups in total. The Kier molecular flexibility index (Phi) is 28.4. The molecule has 7 unspecified atom stereocenters. The molecule has 1 fully saturated rings. The first-order valence-corrected chi connectivity index (χ1v) is 19.6. The van der Waals surface area contributed by atoms with Gasteiger partial charge in [-0.05, 0) is 38.5 Å². The quantitative estimate of drug-likeness (QED) is 0.0346. The Morgan fingerprint density at radius 3 is 1.79 bits per heavy atom. The molecule has 9 heteroatoms. The average Bonchev–Trinajstić information content (AvgIpc) is 3.08. The van der Waals surface area contributed by atoms with Gasteiger partial charge in [0, 0.05) is 6.42 Å². The lowest BCUT2D eigenvalue weighted by Gasteiger charge is -2.40. The van der Waals surface area contributed by atoms with Gasteiger partial charge in [0.05, 0.1) is 25.4 Å². The third-order valence-corrected chi connectivity index (χ3v) is 9.34. The van der Waals surface area contributed by atoms with E-state index in [-0.39, 0.29) is 12.5 Å². The van der Waals surface area contributed by atoms with Crippen LogP contribution in [0.4, 0.5) is 0 Å². The van der Waals surface area contributed by atoms with E-state index in [1.165, 1.54) is 77.0 Å². The van der Waals surface area contributed by atoms with Gasteiger partial charge in [-0.3, -0.25) is 4.79 Å².